The van der Waals surface area contributed by atoms with Crippen LogP contribution in [0.1, 0.15) is 20.8 Å². The molecular weight excluding hydrogens is 220 g/mol. The summed E-state index contributed by atoms with van der Waals surface area (Å²) in [7, 11) is -3.78. The Hall–Kier alpha value is -1.13. The summed E-state index contributed by atoms with van der Waals surface area (Å²) in [6.07, 6.45) is 0. The molecule has 0 aromatic carbocycles. The van der Waals surface area contributed by atoms with Crippen molar-refractivity contribution in [1.29, 1.82) is 5.26 Å². The van der Waals surface area contributed by atoms with E-state index in [2.05, 4.69) is 9.46 Å². The van der Waals surface area contributed by atoms with Gasteiger partial charge in [-0.05, 0) is 20.8 Å². The van der Waals surface area contributed by atoms with Gasteiger partial charge in [0.25, 0.3) is 0 Å². The number of esters is 1. The highest BCUT2D eigenvalue weighted by Gasteiger charge is 2.26. The van der Waals surface area contributed by atoms with E-state index >= 15 is 0 Å². The highest BCUT2D eigenvalue weighted by molar-refractivity contribution is 7.90. The van der Waals surface area contributed by atoms with Crippen LogP contribution in [0.3, 0.4) is 0 Å². The first-order valence-electron chi connectivity index (χ1n) is 4.42. The zero-order chi connectivity index (χ0) is 12.1. The van der Waals surface area contributed by atoms with Gasteiger partial charge in [0.2, 0.25) is 10.0 Å². The quantitative estimate of drug-likeness (QED) is 0.663. The van der Waals surface area contributed by atoms with Gasteiger partial charge in [-0.3, -0.25) is 4.79 Å². The number of carbonyl (C=O) groups is 1. The molecule has 7 heteroatoms. The molecule has 0 aromatic heterocycles. The smallest absolute Gasteiger partial charge is 0.323 e. The first-order chi connectivity index (χ1) is 6.85. The molecule has 0 aliphatic rings. The van der Waals surface area contributed by atoms with E-state index in [1.54, 1.807) is 13.0 Å². The maximum Gasteiger partial charge on any atom is 0.323 e. The Labute approximate surface area is 89.3 Å². The molecule has 1 N–H and O–H groups in total. The van der Waals surface area contributed by atoms with Gasteiger partial charge in [0.15, 0.2) is 5.25 Å². The van der Waals surface area contributed by atoms with Crippen LogP contribution in [0.4, 0.5) is 0 Å². The number of ether oxygens (including phenoxy) is 1. The number of nitrogens with zero attached hydrogens (tertiary/aromatic N) is 1. The first-order valence-corrected chi connectivity index (χ1v) is 5.97. The van der Waals surface area contributed by atoms with Crippen LogP contribution in [0.2, 0.25) is 0 Å². The summed E-state index contributed by atoms with van der Waals surface area (Å²) in [5.41, 5.74) is 0. The zero-order valence-electron chi connectivity index (χ0n) is 8.85. The molecule has 0 saturated heterocycles. The van der Waals surface area contributed by atoms with E-state index in [4.69, 9.17) is 5.26 Å². The number of carbonyl (C=O) groups excluding carboxylic acids is 1. The Morgan fingerprint density at radius 1 is 1.53 bits per heavy atom. The Morgan fingerprint density at radius 2 is 2.07 bits per heavy atom. The second kappa shape index (κ2) is 5.68. The molecule has 0 heterocycles. The topological polar surface area (TPSA) is 96.3 Å². The average Bonchev–Trinajstić information content (AvgIpc) is 2.16. The predicted octanol–water partition coefficient (Wildman–Crippen LogP) is -0.231. The van der Waals surface area contributed by atoms with Crippen molar-refractivity contribution in [2.75, 3.05) is 6.61 Å². The molecule has 0 aliphatic carbocycles. The van der Waals surface area contributed by atoms with E-state index in [0.29, 0.717) is 0 Å². The molecule has 2 unspecified atom stereocenters. The second-order valence-electron chi connectivity index (χ2n) is 2.91. The van der Waals surface area contributed by atoms with E-state index in [9.17, 15) is 13.2 Å². The second-order valence-corrected chi connectivity index (χ2v) is 4.94. The van der Waals surface area contributed by atoms with Crippen LogP contribution < -0.4 is 4.72 Å². The minimum absolute atomic E-state index is 0.179. The molecule has 0 saturated carbocycles. The summed E-state index contributed by atoms with van der Waals surface area (Å²) in [5, 5.41) is 7.24. The fraction of sp³-hybridized carbons (Fsp3) is 0.750. The highest BCUT2D eigenvalue weighted by Crippen LogP contribution is 1.99. The monoisotopic (exact) mass is 234 g/mol. The van der Waals surface area contributed by atoms with E-state index in [-0.39, 0.29) is 6.61 Å². The molecule has 0 aliphatic heterocycles. The Bertz CT molecular complexity index is 357. The van der Waals surface area contributed by atoms with Crippen molar-refractivity contribution in [2.24, 2.45) is 0 Å². The molecular formula is C8H14N2O4S. The summed E-state index contributed by atoms with van der Waals surface area (Å²) < 4.78 is 29.4. The largest absolute Gasteiger partial charge is 0.465 e. The number of hydrogen-bond donors (Lipinski definition) is 1. The summed E-state index contributed by atoms with van der Waals surface area (Å²) in [5.74, 6) is -0.661. The molecule has 15 heavy (non-hydrogen) atoms. The van der Waals surface area contributed by atoms with Crippen LogP contribution in [0.5, 0.6) is 0 Å². The maximum atomic E-state index is 11.3. The number of sulfonamides is 1. The third-order valence-corrected chi connectivity index (χ3v) is 3.35. The van der Waals surface area contributed by atoms with Crippen molar-refractivity contribution in [3.05, 3.63) is 0 Å². The van der Waals surface area contributed by atoms with Crippen LogP contribution in [0, 0.1) is 11.3 Å². The van der Waals surface area contributed by atoms with Crippen molar-refractivity contribution >= 4 is 16.0 Å². The third kappa shape index (κ3) is 4.27. The van der Waals surface area contributed by atoms with Crippen molar-refractivity contribution in [3.63, 3.8) is 0 Å². The van der Waals surface area contributed by atoms with E-state index in [1.165, 1.54) is 13.8 Å². The van der Waals surface area contributed by atoms with Crippen LogP contribution in [-0.2, 0) is 19.6 Å². The fourth-order valence-corrected chi connectivity index (χ4v) is 1.67. The van der Waals surface area contributed by atoms with Gasteiger partial charge in [-0.15, -0.1) is 0 Å². The minimum atomic E-state index is -3.78. The molecule has 2 atom stereocenters. The van der Waals surface area contributed by atoms with Gasteiger partial charge < -0.3 is 4.74 Å². The van der Waals surface area contributed by atoms with E-state index < -0.39 is 27.3 Å². The number of hydrogen-bond acceptors (Lipinski definition) is 5. The lowest BCUT2D eigenvalue weighted by Gasteiger charge is -2.13. The fourth-order valence-electron chi connectivity index (χ4n) is 0.733. The molecule has 0 aromatic rings. The molecule has 0 radical (unpaired) electrons. The molecule has 86 valence electrons. The van der Waals surface area contributed by atoms with Crippen molar-refractivity contribution in [3.8, 4) is 6.07 Å². The maximum absolute atomic E-state index is 11.3. The van der Waals surface area contributed by atoms with E-state index in [1.807, 2.05) is 0 Å². The number of nitrogens with one attached hydrogen (secondary N) is 1. The van der Waals surface area contributed by atoms with Gasteiger partial charge >= 0.3 is 5.97 Å². The molecule has 0 rings (SSSR count). The van der Waals surface area contributed by atoms with Crippen molar-refractivity contribution in [1.82, 2.24) is 4.72 Å². The zero-order valence-corrected chi connectivity index (χ0v) is 9.67. The molecule has 0 fully saturated rings. The van der Waals surface area contributed by atoms with Crippen LogP contribution in [-0.4, -0.2) is 32.3 Å². The van der Waals surface area contributed by atoms with Gasteiger partial charge in [-0.25, -0.2) is 13.1 Å². The summed E-state index contributed by atoms with van der Waals surface area (Å²) in [6.45, 7) is 4.40. The van der Waals surface area contributed by atoms with Crippen LogP contribution >= 0.6 is 0 Å². The van der Waals surface area contributed by atoms with Gasteiger partial charge in [0.05, 0.1) is 12.7 Å². The molecule has 0 bridgehead atoms. The molecule has 6 nitrogen and oxygen atoms in total. The lowest BCUT2D eigenvalue weighted by atomic mass is 10.4. The lowest BCUT2D eigenvalue weighted by Crippen LogP contribution is -2.43. The number of nitriles is 1. The van der Waals surface area contributed by atoms with Crippen LogP contribution in [0.15, 0.2) is 0 Å². The Kier molecular flexibility index (Phi) is 5.25. The summed E-state index contributed by atoms with van der Waals surface area (Å²) in [6, 6.07) is 0.598. The van der Waals surface area contributed by atoms with Crippen LogP contribution in [0.25, 0.3) is 0 Å². The van der Waals surface area contributed by atoms with Crippen molar-refractivity contribution < 1.29 is 17.9 Å². The normalized spacial score (nSPS) is 15.1. The predicted molar refractivity (Wildman–Crippen MR) is 53.2 cm³/mol. The van der Waals surface area contributed by atoms with Gasteiger partial charge in [-0.2, -0.15) is 5.26 Å². The number of rotatable bonds is 5. The van der Waals surface area contributed by atoms with E-state index in [0.717, 1.165) is 0 Å². The van der Waals surface area contributed by atoms with Gasteiger partial charge in [0.1, 0.15) is 6.04 Å². The summed E-state index contributed by atoms with van der Waals surface area (Å²) in [4.78, 5) is 11.1. The van der Waals surface area contributed by atoms with Gasteiger partial charge in [0, 0.05) is 0 Å². The Morgan fingerprint density at radius 3 is 2.47 bits per heavy atom. The third-order valence-electron chi connectivity index (χ3n) is 1.63. The SMILES string of the molecule is CCOC(=O)C(C)NS(=O)(=O)C(C)C#N. The van der Waals surface area contributed by atoms with Crippen molar-refractivity contribution in [2.45, 2.75) is 32.1 Å². The standard InChI is InChI=1S/C8H14N2O4S/c1-4-14-8(11)7(3)10-15(12,13)6(2)5-9/h6-7,10H,4H2,1-3H3. The van der Waals surface area contributed by atoms with Gasteiger partial charge in [-0.1, -0.05) is 0 Å². The molecule has 0 amide bonds. The first kappa shape index (κ1) is 13.9. The minimum Gasteiger partial charge on any atom is -0.465 e. The molecule has 0 spiro atoms. The average molecular weight is 234 g/mol. The summed E-state index contributed by atoms with van der Waals surface area (Å²) >= 11 is 0. The Balaban J connectivity index is 4.49. The lowest BCUT2D eigenvalue weighted by molar-refractivity contribution is -0.144. The highest BCUT2D eigenvalue weighted by atomic mass is 32.2.